The summed E-state index contributed by atoms with van der Waals surface area (Å²) in [5.41, 5.74) is 0. The Kier molecular flexibility index (Phi) is 20.5. The van der Waals surface area contributed by atoms with Crippen LogP contribution in [0.1, 0.15) is 124 Å². The minimum absolute atomic E-state index is 0.118. The van der Waals surface area contributed by atoms with Gasteiger partial charge in [0, 0.05) is 0 Å². The topological polar surface area (TPSA) is 52.6 Å². The number of carbonyl (C=O) groups is 2. The molecule has 0 aromatic carbocycles. The van der Waals surface area contributed by atoms with Gasteiger partial charge in [0.05, 0.1) is 0 Å². The summed E-state index contributed by atoms with van der Waals surface area (Å²) in [7, 11) is 0. The van der Waals surface area contributed by atoms with Crippen LogP contribution in [0.4, 0.5) is 0 Å². The quantitative estimate of drug-likeness (QED) is 0.0843. The number of rotatable bonds is 20. The highest BCUT2D eigenvalue weighted by molar-refractivity contribution is 5.91. The second-order valence-corrected chi connectivity index (χ2v) is 8.31. The molecule has 0 N–H and O–H groups in total. The van der Waals surface area contributed by atoms with Crippen molar-refractivity contribution in [1.82, 2.24) is 0 Å². The van der Waals surface area contributed by atoms with Crippen molar-refractivity contribution in [2.45, 2.75) is 136 Å². The molecule has 0 amide bonds. The number of hydrogen-bond donors (Lipinski definition) is 0. The molecule has 180 valence electrons. The molecule has 2 unspecified atom stereocenters. The van der Waals surface area contributed by atoms with Gasteiger partial charge in [-0.25, -0.2) is 0 Å². The third-order valence-electron chi connectivity index (χ3n) is 5.26. The molecule has 0 saturated heterocycles. The molecule has 0 aliphatic carbocycles. The summed E-state index contributed by atoms with van der Waals surface area (Å²) in [6.45, 7) is 8.54. The standard InChI is InChI=1S/C27H48O4/c1-5-9-13-17-21-24(19-15-11-7-3)30-26(28)23-27(29)31-25(20-16-12-8-4)22-18-14-10-6-2/h9-10,13-14,24-25H,5-8,11-12,15-23H2,1-4H3. The maximum absolute atomic E-state index is 12.4. The molecule has 0 fully saturated rings. The Morgan fingerprint density at radius 3 is 1.39 bits per heavy atom. The Hall–Kier alpha value is -1.58. The van der Waals surface area contributed by atoms with Gasteiger partial charge in [-0.15, -0.1) is 0 Å². The highest BCUT2D eigenvalue weighted by Gasteiger charge is 2.20. The monoisotopic (exact) mass is 436 g/mol. The van der Waals surface area contributed by atoms with Crippen LogP contribution >= 0.6 is 0 Å². The van der Waals surface area contributed by atoms with E-state index in [1.54, 1.807) is 0 Å². The van der Waals surface area contributed by atoms with Gasteiger partial charge in [0.25, 0.3) is 0 Å². The van der Waals surface area contributed by atoms with Crippen LogP contribution in [-0.2, 0) is 19.1 Å². The van der Waals surface area contributed by atoms with Crippen LogP contribution in [0.2, 0.25) is 0 Å². The Bertz CT molecular complexity index is 451. The van der Waals surface area contributed by atoms with E-state index >= 15 is 0 Å². The zero-order valence-corrected chi connectivity index (χ0v) is 20.7. The molecular weight excluding hydrogens is 388 g/mol. The molecule has 0 aromatic rings. The number of unbranched alkanes of at least 4 members (excludes halogenated alkanes) is 4. The largest absolute Gasteiger partial charge is 0.462 e. The molecule has 0 saturated carbocycles. The van der Waals surface area contributed by atoms with E-state index in [0.717, 1.165) is 89.9 Å². The smallest absolute Gasteiger partial charge is 0.317 e. The Morgan fingerprint density at radius 2 is 1.03 bits per heavy atom. The fraction of sp³-hybridized carbons (Fsp3) is 0.778. The molecule has 0 aromatic heterocycles. The van der Waals surface area contributed by atoms with Gasteiger partial charge in [0.1, 0.15) is 18.6 Å². The zero-order valence-electron chi connectivity index (χ0n) is 20.7. The molecule has 0 aliphatic rings. The summed E-state index contributed by atoms with van der Waals surface area (Å²) in [5, 5.41) is 0. The van der Waals surface area contributed by atoms with E-state index < -0.39 is 11.9 Å². The zero-order chi connectivity index (χ0) is 23.2. The van der Waals surface area contributed by atoms with E-state index in [0.29, 0.717) is 0 Å². The fourth-order valence-corrected chi connectivity index (χ4v) is 3.47. The van der Waals surface area contributed by atoms with E-state index in [-0.39, 0.29) is 18.6 Å². The molecule has 2 atom stereocenters. The molecule has 0 bridgehead atoms. The van der Waals surface area contributed by atoms with E-state index in [1.807, 2.05) is 0 Å². The molecule has 0 rings (SSSR count). The van der Waals surface area contributed by atoms with Crippen molar-refractivity contribution in [3.05, 3.63) is 24.3 Å². The van der Waals surface area contributed by atoms with Gasteiger partial charge in [-0.2, -0.15) is 0 Å². The Labute approximate surface area is 191 Å². The number of esters is 2. The first-order chi connectivity index (χ1) is 15.1. The number of carbonyl (C=O) groups excluding carboxylic acids is 2. The van der Waals surface area contributed by atoms with E-state index in [9.17, 15) is 9.59 Å². The summed E-state index contributed by atoms with van der Waals surface area (Å²) >= 11 is 0. The lowest BCUT2D eigenvalue weighted by atomic mass is 10.1. The molecule has 4 heteroatoms. The SMILES string of the molecule is CCC=CCCC(CCCCC)OC(=O)CC(=O)OC(CCC=CCC)CCCCC. The van der Waals surface area contributed by atoms with Crippen LogP contribution in [0, 0.1) is 0 Å². The third-order valence-corrected chi connectivity index (χ3v) is 5.26. The van der Waals surface area contributed by atoms with Crippen molar-refractivity contribution in [2.24, 2.45) is 0 Å². The van der Waals surface area contributed by atoms with Crippen LogP contribution in [0.15, 0.2) is 24.3 Å². The lowest BCUT2D eigenvalue weighted by Crippen LogP contribution is -2.24. The molecule has 0 aliphatic heterocycles. The predicted molar refractivity (Wildman–Crippen MR) is 130 cm³/mol. The lowest BCUT2D eigenvalue weighted by Gasteiger charge is -2.19. The summed E-state index contributed by atoms with van der Waals surface area (Å²) in [4.78, 5) is 24.7. The maximum Gasteiger partial charge on any atom is 0.317 e. The molecule has 31 heavy (non-hydrogen) atoms. The molecule has 0 spiro atoms. The first-order valence-electron chi connectivity index (χ1n) is 12.8. The van der Waals surface area contributed by atoms with Crippen molar-refractivity contribution < 1.29 is 19.1 Å². The minimum Gasteiger partial charge on any atom is -0.462 e. The molecular formula is C27H48O4. The van der Waals surface area contributed by atoms with Crippen molar-refractivity contribution in [2.75, 3.05) is 0 Å². The van der Waals surface area contributed by atoms with Crippen LogP contribution in [0.3, 0.4) is 0 Å². The highest BCUT2D eigenvalue weighted by atomic mass is 16.6. The van der Waals surface area contributed by atoms with E-state index in [2.05, 4.69) is 52.0 Å². The van der Waals surface area contributed by atoms with Crippen LogP contribution < -0.4 is 0 Å². The number of hydrogen-bond acceptors (Lipinski definition) is 4. The van der Waals surface area contributed by atoms with Gasteiger partial charge in [0.2, 0.25) is 0 Å². The van der Waals surface area contributed by atoms with Gasteiger partial charge in [0.15, 0.2) is 0 Å². The van der Waals surface area contributed by atoms with Gasteiger partial charge in [-0.1, -0.05) is 77.7 Å². The van der Waals surface area contributed by atoms with Gasteiger partial charge in [-0.3, -0.25) is 9.59 Å². The van der Waals surface area contributed by atoms with Crippen LogP contribution in [0.25, 0.3) is 0 Å². The van der Waals surface area contributed by atoms with Gasteiger partial charge in [-0.05, 0) is 64.2 Å². The highest BCUT2D eigenvalue weighted by Crippen LogP contribution is 2.16. The second kappa shape index (κ2) is 21.6. The summed E-state index contributed by atoms with van der Waals surface area (Å²) in [6.07, 6.45) is 21.8. The predicted octanol–water partition coefficient (Wildman–Crippen LogP) is 7.85. The average molecular weight is 437 g/mol. The first kappa shape index (κ1) is 29.4. The summed E-state index contributed by atoms with van der Waals surface area (Å²) in [5.74, 6) is -0.909. The van der Waals surface area contributed by atoms with Crippen molar-refractivity contribution in [3.8, 4) is 0 Å². The normalized spacial score (nSPS) is 13.5. The Morgan fingerprint density at radius 1 is 0.613 bits per heavy atom. The van der Waals surface area contributed by atoms with Gasteiger partial charge >= 0.3 is 11.9 Å². The van der Waals surface area contributed by atoms with Crippen molar-refractivity contribution >= 4 is 11.9 Å². The molecule has 0 heterocycles. The van der Waals surface area contributed by atoms with Gasteiger partial charge < -0.3 is 9.47 Å². The van der Waals surface area contributed by atoms with Crippen molar-refractivity contribution in [3.63, 3.8) is 0 Å². The maximum atomic E-state index is 12.4. The minimum atomic E-state index is -0.454. The lowest BCUT2D eigenvalue weighted by molar-refractivity contribution is -0.161. The van der Waals surface area contributed by atoms with E-state index in [4.69, 9.17) is 9.47 Å². The van der Waals surface area contributed by atoms with Crippen molar-refractivity contribution in [1.29, 1.82) is 0 Å². The summed E-state index contributed by atoms with van der Waals surface area (Å²) in [6, 6.07) is 0. The second-order valence-electron chi connectivity index (χ2n) is 8.31. The number of allylic oxidation sites excluding steroid dienone is 4. The Balaban J connectivity index is 4.59. The molecule has 4 nitrogen and oxygen atoms in total. The average Bonchev–Trinajstić information content (AvgIpc) is 2.74. The molecule has 0 radical (unpaired) electrons. The fourth-order valence-electron chi connectivity index (χ4n) is 3.47. The first-order valence-corrected chi connectivity index (χ1v) is 12.8. The van der Waals surface area contributed by atoms with E-state index in [1.165, 1.54) is 0 Å². The summed E-state index contributed by atoms with van der Waals surface area (Å²) < 4.78 is 11.3. The van der Waals surface area contributed by atoms with Crippen LogP contribution in [-0.4, -0.2) is 24.1 Å². The number of ether oxygens (including phenoxy) is 2. The third kappa shape index (κ3) is 18.9. The van der Waals surface area contributed by atoms with Crippen LogP contribution in [0.5, 0.6) is 0 Å².